The summed E-state index contributed by atoms with van der Waals surface area (Å²) in [4.78, 5) is 14.7. The number of piperidine rings is 1. The predicted molar refractivity (Wildman–Crippen MR) is 88.6 cm³/mol. The van der Waals surface area contributed by atoms with E-state index in [1.165, 1.54) is 12.0 Å². The highest BCUT2D eigenvalue weighted by molar-refractivity contribution is 7.07. The van der Waals surface area contributed by atoms with Crippen LogP contribution in [0.25, 0.3) is 0 Å². The van der Waals surface area contributed by atoms with E-state index < -0.39 is 0 Å². The molecule has 1 fully saturated rings. The highest BCUT2D eigenvalue weighted by Crippen LogP contribution is 2.22. The number of carbonyl (C=O) groups excluding carboxylic acids is 1. The Morgan fingerprint density at radius 2 is 2.29 bits per heavy atom. The molecule has 4 nitrogen and oxygen atoms in total. The summed E-state index contributed by atoms with van der Waals surface area (Å²) in [5, 5.41) is 10.8. The van der Waals surface area contributed by atoms with E-state index in [1.54, 1.807) is 11.3 Å². The van der Waals surface area contributed by atoms with Gasteiger partial charge in [0, 0.05) is 6.54 Å². The summed E-state index contributed by atoms with van der Waals surface area (Å²) in [7, 11) is 0. The second kappa shape index (κ2) is 8.51. The summed E-state index contributed by atoms with van der Waals surface area (Å²) >= 11 is 1.72. The first-order valence-corrected chi connectivity index (χ1v) is 8.97. The van der Waals surface area contributed by atoms with Crippen molar-refractivity contribution in [3.63, 3.8) is 0 Å². The average molecular weight is 309 g/mol. The van der Waals surface area contributed by atoms with Crippen molar-refractivity contribution in [1.82, 2.24) is 15.5 Å². The SMILES string of the molecule is CCN(CC)C(CNC(=O)C1CCCCN1)c1ccsc1. The number of hydrogen-bond acceptors (Lipinski definition) is 4. The molecule has 1 aliphatic heterocycles. The van der Waals surface area contributed by atoms with Crippen LogP contribution in [0.5, 0.6) is 0 Å². The van der Waals surface area contributed by atoms with Crippen LogP contribution in [0.3, 0.4) is 0 Å². The van der Waals surface area contributed by atoms with Gasteiger partial charge in [-0.15, -0.1) is 0 Å². The standard InChI is InChI=1S/C16H27N3OS/c1-3-19(4-2)15(13-8-10-21-12-13)11-18-16(20)14-7-5-6-9-17-14/h8,10,12,14-15,17H,3-7,9,11H2,1-2H3,(H,18,20). The number of carbonyl (C=O) groups is 1. The third kappa shape index (κ3) is 4.53. The molecule has 2 unspecified atom stereocenters. The van der Waals surface area contributed by atoms with Crippen molar-refractivity contribution in [1.29, 1.82) is 0 Å². The first-order chi connectivity index (χ1) is 10.3. The van der Waals surface area contributed by atoms with Crippen molar-refractivity contribution in [2.45, 2.75) is 45.2 Å². The summed E-state index contributed by atoms with van der Waals surface area (Å²) in [5.74, 6) is 0.155. The zero-order valence-electron chi connectivity index (χ0n) is 13.1. The molecule has 0 aliphatic carbocycles. The minimum atomic E-state index is -0.00132. The first kappa shape index (κ1) is 16.5. The molecule has 1 saturated heterocycles. The fourth-order valence-electron chi connectivity index (χ4n) is 2.98. The highest BCUT2D eigenvalue weighted by atomic mass is 32.1. The monoisotopic (exact) mass is 309 g/mol. The molecule has 2 atom stereocenters. The fourth-order valence-corrected chi connectivity index (χ4v) is 3.69. The quantitative estimate of drug-likeness (QED) is 0.813. The molecular formula is C16H27N3OS. The lowest BCUT2D eigenvalue weighted by Crippen LogP contribution is -2.48. The van der Waals surface area contributed by atoms with Gasteiger partial charge in [0.15, 0.2) is 0 Å². The second-order valence-corrected chi connectivity index (χ2v) is 6.32. The second-order valence-electron chi connectivity index (χ2n) is 5.54. The van der Waals surface area contributed by atoms with Crippen LogP contribution in [-0.4, -0.2) is 43.0 Å². The van der Waals surface area contributed by atoms with Gasteiger partial charge < -0.3 is 10.6 Å². The van der Waals surface area contributed by atoms with Crippen molar-refractivity contribution in [2.75, 3.05) is 26.2 Å². The smallest absolute Gasteiger partial charge is 0.237 e. The maximum Gasteiger partial charge on any atom is 0.237 e. The summed E-state index contributed by atoms with van der Waals surface area (Å²) in [6.07, 6.45) is 3.29. The molecule has 1 aromatic heterocycles. The average Bonchev–Trinajstić information content (AvgIpc) is 3.06. The Balaban J connectivity index is 1.93. The van der Waals surface area contributed by atoms with Crippen molar-refractivity contribution in [3.8, 4) is 0 Å². The van der Waals surface area contributed by atoms with Crippen LogP contribution in [0.4, 0.5) is 0 Å². The Labute approximate surface area is 131 Å². The van der Waals surface area contributed by atoms with Gasteiger partial charge in [0.2, 0.25) is 5.91 Å². The fraction of sp³-hybridized carbons (Fsp3) is 0.688. The number of likely N-dealkylation sites (N-methyl/N-ethyl adjacent to an activating group) is 1. The van der Waals surface area contributed by atoms with E-state index >= 15 is 0 Å². The van der Waals surface area contributed by atoms with Gasteiger partial charge in [0.05, 0.1) is 12.1 Å². The summed E-state index contributed by atoms with van der Waals surface area (Å²) in [6.45, 7) is 7.99. The topological polar surface area (TPSA) is 44.4 Å². The number of thiophene rings is 1. The molecule has 0 saturated carbocycles. The Morgan fingerprint density at radius 1 is 1.48 bits per heavy atom. The van der Waals surface area contributed by atoms with E-state index in [4.69, 9.17) is 0 Å². The van der Waals surface area contributed by atoms with Gasteiger partial charge in [0.1, 0.15) is 0 Å². The van der Waals surface area contributed by atoms with Gasteiger partial charge in [-0.1, -0.05) is 20.3 Å². The molecule has 1 aliphatic rings. The number of rotatable bonds is 7. The summed E-state index contributed by atoms with van der Waals surface area (Å²) in [6, 6.07) is 2.44. The first-order valence-electron chi connectivity index (χ1n) is 8.03. The minimum Gasteiger partial charge on any atom is -0.353 e. The van der Waals surface area contributed by atoms with Crippen LogP contribution in [0, 0.1) is 0 Å². The van der Waals surface area contributed by atoms with E-state index in [9.17, 15) is 4.79 Å². The van der Waals surface area contributed by atoms with Crippen LogP contribution in [0.2, 0.25) is 0 Å². The Kier molecular flexibility index (Phi) is 6.67. The van der Waals surface area contributed by atoms with E-state index in [-0.39, 0.29) is 18.0 Å². The molecule has 2 N–H and O–H groups in total. The molecule has 0 aromatic carbocycles. The lowest BCUT2D eigenvalue weighted by Gasteiger charge is -2.30. The van der Waals surface area contributed by atoms with Crippen molar-refractivity contribution >= 4 is 17.2 Å². The van der Waals surface area contributed by atoms with E-state index in [0.29, 0.717) is 6.54 Å². The molecule has 0 radical (unpaired) electrons. The third-order valence-corrected chi connectivity index (χ3v) is 4.98. The zero-order valence-corrected chi connectivity index (χ0v) is 13.9. The lowest BCUT2D eigenvalue weighted by molar-refractivity contribution is -0.123. The van der Waals surface area contributed by atoms with Crippen molar-refractivity contribution in [3.05, 3.63) is 22.4 Å². The molecular weight excluding hydrogens is 282 g/mol. The van der Waals surface area contributed by atoms with Gasteiger partial charge in [-0.2, -0.15) is 11.3 Å². The normalized spacial score (nSPS) is 20.4. The number of hydrogen-bond donors (Lipinski definition) is 2. The predicted octanol–water partition coefficient (Wildman–Crippen LogP) is 2.39. The van der Waals surface area contributed by atoms with Crippen LogP contribution in [0.1, 0.15) is 44.7 Å². The van der Waals surface area contributed by atoms with Crippen LogP contribution < -0.4 is 10.6 Å². The van der Waals surface area contributed by atoms with Gasteiger partial charge >= 0.3 is 0 Å². The minimum absolute atomic E-state index is 0.00132. The van der Waals surface area contributed by atoms with Gasteiger partial charge in [-0.3, -0.25) is 9.69 Å². The van der Waals surface area contributed by atoms with Crippen LogP contribution >= 0.6 is 11.3 Å². The van der Waals surface area contributed by atoms with Gasteiger partial charge in [-0.05, 0) is 54.9 Å². The molecule has 2 rings (SSSR count). The molecule has 5 heteroatoms. The van der Waals surface area contributed by atoms with Crippen LogP contribution in [0.15, 0.2) is 16.8 Å². The molecule has 1 amide bonds. The Bertz CT molecular complexity index is 411. The maximum absolute atomic E-state index is 12.3. The molecule has 2 heterocycles. The molecule has 1 aromatic rings. The Hall–Kier alpha value is -0.910. The molecule has 0 bridgehead atoms. The highest BCUT2D eigenvalue weighted by Gasteiger charge is 2.23. The van der Waals surface area contributed by atoms with Crippen molar-refractivity contribution in [2.24, 2.45) is 0 Å². The largest absolute Gasteiger partial charge is 0.353 e. The number of nitrogens with one attached hydrogen (secondary N) is 2. The molecule has 118 valence electrons. The van der Waals surface area contributed by atoms with Gasteiger partial charge in [-0.25, -0.2) is 0 Å². The van der Waals surface area contributed by atoms with E-state index in [0.717, 1.165) is 32.5 Å². The van der Waals surface area contributed by atoms with Crippen molar-refractivity contribution < 1.29 is 4.79 Å². The Morgan fingerprint density at radius 3 is 2.86 bits per heavy atom. The zero-order chi connectivity index (χ0) is 15.1. The van der Waals surface area contributed by atoms with Crippen LogP contribution in [-0.2, 0) is 4.79 Å². The maximum atomic E-state index is 12.3. The lowest BCUT2D eigenvalue weighted by atomic mass is 10.0. The summed E-state index contributed by atoms with van der Waals surface area (Å²) < 4.78 is 0. The number of nitrogens with zero attached hydrogens (tertiary/aromatic N) is 1. The van der Waals surface area contributed by atoms with Gasteiger partial charge in [0.25, 0.3) is 0 Å². The van der Waals surface area contributed by atoms with E-state index in [1.807, 2.05) is 0 Å². The number of amides is 1. The molecule has 21 heavy (non-hydrogen) atoms. The summed E-state index contributed by atoms with van der Waals surface area (Å²) in [5.41, 5.74) is 1.31. The third-order valence-electron chi connectivity index (χ3n) is 4.28. The van der Waals surface area contributed by atoms with E-state index in [2.05, 4.69) is 46.2 Å². The molecule has 0 spiro atoms.